The summed E-state index contributed by atoms with van der Waals surface area (Å²) >= 11 is 1.31. The van der Waals surface area contributed by atoms with Crippen LogP contribution in [0.2, 0.25) is 0 Å². The fourth-order valence-electron chi connectivity index (χ4n) is 3.66. The van der Waals surface area contributed by atoms with Crippen LogP contribution < -0.4 is 0 Å². The Labute approximate surface area is 197 Å². The van der Waals surface area contributed by atoms with Crippen molar-refractivity contribution in [3.63, 3.8) is 0 Å². The van der Waals surface area contributed by atoms with E-state index in [1.807, 2.05) is 4.57 Å². The molecule has 1 amide bonds. The van der Waals surface area contributed by atoms with Gasteiger partial charge in [0, 0.05) is 38.3 Å². The molecule has 2 saturated heterocycles. The summed E-state index contributed by atoms with van der Waals surface area (Å²) in [7, 11) is -3.63. The molecule has 2 aromatic rings. The standard InChI is InChI=1S/C21H27N5O5S2/c1-2-6-26-20(22-23-21(26)32-16-19(27)24-7-11-30-12-8-24)17-4-3-5-18(15-17)33(28,29)25-9-13-31-14-10-25/h2-5,15H,1,6-14,16H2. The van der Waals surface area contributed by atoms with Gasteiger partial charge < -0.3 is 14.4 Å². The number of amides is 1. The molecule has 0 bridgehead atoms. The zero-order valence-corrected chi connectivity index (χ0v) is 19.9. The maximum absolute atomic E-state index is 13.1. The Bertz CT molecular complexity index is 1090. The molecule has 0 aliphatic carbocycles. The molecule has 2 aliphatic rings. The summed E-state index contributed by atoms with van der Waals surface area (Å²) in [4.78, 5) is 14.5. The number of benzene rings is 1. The van der Waals surface area contributed by atoms with Crippen molar-refractivity contribution in [1.82, 2.24) is 24.0 Å². The molecule has 3 heterocycles. The van der Waals surface area contributed by atoms with Crippen LogP contribution in [0.3, 0.4) is 0 Å². The van der Waals surface area contributed by atoms with Crippen molar-refractivity contribution in [3.8, 4) is 11.4 Å². The van der Waals surface area contributed by atoms with Gasteiger partial charge in [0.2, 0.25) is 15.9 Å². The number of hydrogen-bond acceptors (Lipinski definition) is 8. The number of rotatable bonds is 8. The smallest absolute Gasteiger partial charge is 0.243 e. The first kappa shape index (κ1) is 23.9. The monoisotopic (exact) mass is 493 g/mol. The number of thioether (sulfide) groups is 1. The van der Waals surface area contributed by atoms with E-state index in [4.69, 9.17) is 9.47 Å². The van der Waals surface area contributed by atoms with Gasteiger partial charge in [-0.1, -0.05) is 30.0 Å². The second kappa shape index (κ2) is 10.8. The summed E-state index contributed by atoms with van der Waals surface area (Å²) in [6.07, 6.45) is 1.72. The lowest BCUT2D eigenvalue weighted by Gasteiger charge is -2.26. The third-order valence-corrected chi connectivity index (χ3v) is 8.26. The van der Waals surface area contributed by atoms with Gasteiger partial charge in [0.05, 0.1) is 37.1 Å². The average Bonchev–Trinajstić information content (AvgIpc) is 3.26. The van der Waals surface area contributed by atoms with Crippen LogP contribution in [0.1, 0.15) is 0 Å². The van der Waals surface area contributed by atoms with E-state index >= 15 is 0 Å². The maximum Gasteiger partial charge on any atom is 0.243 e. The van der Waals surface area contributed by atoms with E-state index in [1.54, 1.807) is 35.2 Å². The maximum atomic E-state index is 13.1. The van der Waals surface area contributed by atoms with Crippen molar-refractivity contribution in [2.24, 2.45) is 0 Å². The van der Waals surface area contributed by atoms with Crippen LogP contribution in [0.25, 0.3) is 11.4 Å². The largest absolute Gasteiger partial charge is 0.379 e. The number of sulfonamides is 1. The number of nitrogens with zero attached hydrogens (tertiary/aromatic N) is 5. The van der Waals surface area contributed by atoms with E-state index in [0.29, 0.717) is 75.7 Å². The second-order valence-electron chi connectivity index (χ2n) is 7.53. The SMILES string of the molecule is C=CCn1c(SCC(=O)N2CCOCC2)nnc1-c1cccc(S(=O)(=O)N2CCOCC2)c1. The lowest BCUT2D eigenvalue weighted by atomic mass is 10.2. The van der Waals surface area contributed by atoms with Gasteiger partial charge in [-0.15, -0.1) is 16.8 Å². The minimum Gasteiger partial charge on any atom is -0.379 e. The number of morpholine rings is 2. The van der Waals surface area contributed by atoms with Gasteiger partial charge in [-0.25, -0.2) is 8.42 Å². The molecule has 1 aromatic carbocycles. The zero-order chi connectivity index (χ0) is 23.3. The summed E-state index contributed by atoms with van der Waals surface area (Å²) in [6, 6.07) is 6.69. The second-order valence-corrected chi connectivity index (χ2v) is 10.4. The predicted molar refractivity (Wildman–Crippen MR) is 123 cm³/mol. The minimum atomic E-state index is -3.63. The van der Waals surface area contributed by atoms with Gasteiger partial charge in [0.25, 0.3) is 0 Å². The predicted octanol–water partition coefficient (Wildman–Crippen LogP) is 1.10. The van der Waals surface area contributed by atoms with Gasteiger partial charge in [-0.05, 0) is 12.1 Å². The van der Waals surface area contributed by atoms with Crippen LogP contribution in [0.5, 0.6) is 0 Å². The lowest BCUT2D eigenvalue weighted by molar-refractivity contribution is -0.132. The number of carbonyl (C=O) groups excluding carboxylic acids is 1. The first-order valence-corrected chi connectivity index (χ1v) is 13.1. The number of allylic oxidation sites excluding steroid dienone is 1. The fourth-order valence-corrected chi connectivity index (χ4v) is 5.97. The van der Waals surface area contributed by atoms with E-state index in [2.05, 4.69) is 16.8 Å². The molecule has 12 heteroatoms. The summed E-state index contributed by atoms with van der Waals surface area (Å²) in [5.41, 5.74) is 0.630. The Balaban J connectivity index is 1.55. The third kappa shape index (κ3) is 5.46. The Kier molecular flexibility index (Phi) is 7.81. The van der Waals surface area contributed by atoms with Crippen LogP contribution in [0.15, 0.2) is 47.0 Å². The highest BCUT2D eigenvalue weighted by atomic mass is 32.2. The number of hydrogen-bond donors (Lipinski definition) is 0. The molecule has 2 aliphatic heterocycles. The molecule has 0 radical (unpaired) electrons. The van der Waals surface area contributed by atoms with Crippen LogP contribution in [-0.4, -0.2) is 96.7 Å². The van der Waals surface area contributed by atoms with Gasteiger partial charge in [0.15, 0.2) is 11.0 Å². The molecule has 178 valence electrons. The van der Waals surface area contributed by atoms with Gasteiger partial charge in [0.1, 0.15) is 0 Å². The summed E-state index contributed by atoms with van der Waals surface area (Å²) in [5, 5.41) is 9.15. The molecule has 0 atom stereocenters. The van der Waals surface area contributed by atoms with Crippen molar-refractivity contribution < 1.29 is 22.7 Å². The van der Waals surface area contributed by atoms with Crippen molar-refractivity contribution in [1.29, 1.82) is 0 Å². The van der Waals surface area contributed by atoms with Gasteiger partial charge in [-0.3, -0.25) is 9.36 Å². The Morgan fingerprint density at radius 1 is 1.09 bits per heavy atom. The van der Waals surface area contributed by atoms with Gasteiger partial charge in [-0.2, -0.15) is 4.31 Å². The van der Waals surface area contributed by atoms with E-state index < -0.39 is 10.0 Å². The highest BCUT2D eigenvalue weighted by Crippen LogP contribution is 2.27. The molecule has 4 rings (SSSR count). The molecular formula is C21H27N5O5S2. The first-order chi connectivity index (χ1) is 16.0. The highest BCUT2D eigenvalue weighted by Gasteiger charge is 2.27. The molecule has 0 spiro atoms. The summed E-state index contributed by atoms with van der Waals surface area (Å²) < 4.78 is 40.0. The van der Waals surface area contributed by atoms with Crippen LogP contribution in [-0.2, 0) is 30.8 Å². The topological polar surface area (TPSA) is 107 Å². The summed E-state index contributed by atoms with van der Waals surface area (Å²) in [6.45, 7) is 7.96. The average molecular weight is 494 g/mol. The number of aromatic nitrogens is 3. The van der Waals surface area contributed by atoms with Crippen molar-refractivity contribution in [2.75, 3.05) is 58.4 Å². The molecule has 1 aromatic heterocycles. The number of carbonyl (C=O) groups is 1. The Morgan fingerprint density at radius 3 is 2.48 bits per heavy atom. The lowest BCUT2D eigenvalue weighted by Crippen LogP contribution is -2.41. The molecule has 0 N–H and O–H groups in total. The van der Waals surface area contributed by atoms with E-state index in [0.717, 1.165) is 0 Å². The summed E-state index contributed by atoms with van der Waals surface area (Å²) in [5.74, 6) is 0.785. The molecule has 10 nitrogen and oxygen atoms in total. The molecule has 33 heavy (non-hydrogen) atoms. The fraction of sp³-hybridized carbons (Fsp3) is 0.476. The molecule has 0 unspecified atom stereocenters. The zero-order valence-electron chi connectivity index (χ0n) is 18.3. The number of ether oxygens (including phenoxy) is 2. The molecule has 2 fully saturated rings. The minimum absolute atomic E-state index is 0.0246. The van der Waals surface area contributed by atoms with Crippen molar-refractivity contribution in [2.45, 2.75) is 16.6 Å². The van der Waals surface area contributed by atoms with Crippen molar-refractivity contribution >= 4 is 27.7 Å². The van der Waals surface area contributed by atoms with Crippen LogP contribution >= 0.6 is 11.8 Å². The third-order valence-electron chi connectivity index (χ3n) is 5.42. The molecular weight excluding hydrogens is 466 g/mol. The Morgan fingerprint density at radius 2 is 1.79 bits per heavy atom. The first-order valence-electron chi connectivity index (χ1n) is 10.7. The normalized spacial score (nSPS) is 17.8. The highest BCUT2D eigenvalue weighted by molar-refractivity contribution is 7.99. The Hall–Kier alpha value is -2.25. The van der Waals surface area contributed by atoms with Crippen molar-refractivity contribution in [3.05, 3.63) is 36.9 Å². The van der Waals surface area contributed by atoms with E-state index in [1.165, 1.54) is 16.1 Å². The van der Waals surface area contributed by atoms with Crippen LogP contribution in [0.4, 0.5) is 0 Å². The van der Waals surface area contributed by atoms with Crippen LogP contribution in [0, 0.1) is 0 Å². The molecule has 0 saturated carbocycles. The quantitative estimate of drug-likeness (QED) is 0.398. The van der Waals surface area contributed by atoms with E-state index in [-0.39, 0.29) is 16.6 Å². The van der Waals surface area contributed by atoms with E-state index in [9.17, 15) is 13.2 Å². The van der Waals surface area contributed by atoms with Gasteiger partial charge >= 0.3 is 0 Å².